The van der Waals surface area contributed by atoms with Crippen molar-refractivity contribution in [3.8, 4) is 0 Å². The van der Waals surface area contributed by atoms with Gasteiger partial charge < -0.3 is 10.1 Å². The van der Waals surface area contributed by atoms with Crippen LogP contribution in [0.2, 0.25) is 0 Å². The largest absolute Gasteiger partial charge is 0.380 e. The smallest absolute Gasteiger partial charge is 0.0621 e. The van der Waals surface area contributed by atoms with Gasteiger partial charge in [-0.15, -0.1) is 0 Å². The highest BCUT2D eigenvalue weighted by Gasteiger charge is 2.29. The van der Waals surface area contributed by atoms with Gasteiger partial charge in [0.05, 0.1) is 6.61 Å². The lowest BCUT2D eigenvalue weighted by atomic mass is 10.0. The maximum absolute atomic E-state index is 5.61. The Labute approximate surface area is 93.2 Å². The molecule has 2 unspecified atom stereocenters. The SMILES string of the molecule is CCCN(C1CCNC1)C1CCCOC1. The lowest BCUT2D eigenvalue weighted by Gasteiger charge is -2.37. The summed E-state index contributed by atoms with van der Waals surface area (Å²) in [5, 5.41) is 3.47. The molecule has 3 nitrogen and oxygen atoms in total. The Bertz CT molecular complexity index is 174. The summed E-state index contributed by atoms with van der Waals surface area (Å²) in [6, 6.07) is 1.44. The van der Waals surface area contributed by atoms with Gasteiger partial charge in [0.2, 0.25) is 0 Å². The predicted molar refractivity (Wildman–Crippen MR) is 62.1 cm³/mol. The molecule has 0 saturated carbocycles. The summed E-state index contributed by atoms with van der Waals surface area (Å²) in [5.74, 6) is 0. The van der Waals surface area contributed by atoms with Gasteiger partial charge in [-0.25, -0.2) is 0 Å². The molecule has 0 amide bonds. The number of nitrogens with one attached hydrogen (secondary N) is 1. The van der Waals surface area contributed by atoms with Gasteiger partial charge in [-0.3, -0.25) is 4.90 Å². The second-order valence-electron chi connectivity index (χ2n) is 4.76. The fourth-order valence-corrected chi connectivity index (χ4v) is 2.83. The van der Waals surface area contributed by atoms with Crippen molar-refractivity contribution in [1.29, 1.82) is 0 Å². The van der Waals surface area contributed by atoms with Crippen molar-refractivity contribution in [3.05, 3.63) is 0 Å². The Hall–Kier alpha value is -0.120. The van der Waals surface area contributed by atoms with E-state index < -0.39 is 0 Å². The van der Waals surface area contributed by atoms with Crippen LogP contribution in [0.4, 0.5) is 0 Å². The Morgan fingerprint density at radius 2 is 2.27 bits per heavy atom. The Morgan fingerprint density at radius 3 is 2.87 bits per heavy atom. The number of ether oxygens (including phenoxy) is 1. The first-order chi connectivity index (χ1) is 7.42. The van der Waals surface area contributed by atoms with E-state index in [4.69, 9.17) is 4.74 Å². The first-order valence-corrected chi connectivity index (χ1v) is 6.46. The van der Waals surface area contributed by atoms with E-state index in [1.165, 1.54) is 45.3 Å². The van der Waals surface area contributed by atoms with E-state index in [2.05, 4.69) is 17.1 Å². The highest BCUT2D eigenvalue weighted by Crippen LogP contribution is 2.19. The Balaban J connectivity index is 1.90. The zero-order valence-corrected chi connectivity index (χ0v) is 9.87. The third-order valence-electron chi connectivity index (χ3n) is 3.59. The molecule has 0 aromatic rings. The molecule has 0 radical (unpaired) electrons. The molecule has 0 bridgehead atoms. The number of rotatable bonds is 4. The first-order valence-electron chi connectivity index (χ1n) is 6.46. The molecule has 2 heterocycles. The maximum Gasteiger partial charge on any atom is 0.0621 e. The Morgan fingerprint density at radius 1 is 1.33 bits per heavy atom. The third kappa shape index (κ3) is 2.92. The predicted octanol–water partition coefficient (Wildman–Crippen LogP) is 1.24. The monoisotopic (exact) mass is 212 g/mol. The minimum atomic E-state index is 0.684. The van der Waals surface area contributed by atoms with Crippen molar-refractivity contribution in [1.82, 2.24) is 10.2 Å². The molecule has 2 fully saturated rings. The van der Waals surface area contributed by atoms with Gasteiger partial charge in [0.1, 0.15) is 0 Å². The molecule has 0 aromatic carbocycles. The van der Waals surface area contributed by atoms with Crippen LogP contribution >= 0.6 is 0 Å². The number of hydrogen-bond acceptors (Lipinski definition) is 3. The molecule has 2 aliphatic rings. The summed E-state index contributed by atoms with van der Waals surface area (Å²) in [6.45, 7) is 7.81. The third-order valence-corrected chi connectivity index (χ3v) is 3.59. The van der Waals surface area contributed by atoms with Gasteiger partial charge in [0, 0.05) is 25.2 Å². The van der Waals surface area contributed by atoms with E-state index in [0.717, 1.165) is 19.3 Å². The van der Waals surface area contributed by atoms with Gasteiger partial charge in [-0.2, -0.15) is 0 Å². The van der Waals surface area contributed by atoms with Crippen LogP contribution < -0.4 is 5.32 Å². The van der Waals surface area contributed by atoms with Crippen LogP contribution in [0.25, 0.3) is 0 Å². The van der Waals surface area contributed by atoms with E-state index in [1.54, 1.807) is 0 Å². The number of hydrogen-bond donors (Lipinski definition) is 1. The average Bonchev–Trinajstić information content (AvgIpc) is 2.80. The molecular formula is C12H24N2O. The molecule has 2 saturated heterocycles. The molecule has 88 valence electrons. The summed E-state index contributed by atoms with van der Waals surface area (Å²) in [6.07, 6.45) is 5.14. The summed E-state index contributed by atoms with van der Waals surface area (Å²) in [4.78, 5) is 2.69. The highest BCUT2D eigenvalue weighted by molar-refractivity contribution is 4.86. The van der Waals surface area contributed by atoms with Crippen molar-refractivity contribution in [2.45, 2.75) is 44.7 Å². The normalized spacial score (nSPS) is 32.4. The minimum Gasteiger partial charge on any atom is -0.380 e. The quantitative estimate of drug-likeness (QED) is 0.759. The van der Waals surface area contributed by atoms with Crippen molar-refractivity contribution in [2.24, 2.45) is 0 Å². The van der Waals surface area contributed by atoms with Crippen LogP contribution in [0.5, 0.6) is 0 Å². The van der Waals surface area contributed by atoms with Crippen LogP contribution in [0.3, 0.4) is 0 Å². The van der Waals surface area contributed by atoms with Crippen molar-refractivity contribution >= 4 is 0 Å². The molecule has 15 heavy (non-hydrogen) atoms. The molecule has 0 aliphatic carbocycles. The van der Waals surface area contributed by atoms with Gasteiger partial charge in [-0.05, 0) is 38.8 Å². The second kappa shape index (κ2) is 5.83. The fraction of sp³-hybridized carbons (Fsp3) is 1.00. The standard InChI is InChI=1S/C12H24N2O/c1-2-7-14(11-5-6-13-9-11)12-4-3-8-15-10-12/h11-13H,2-10H2,1H3. The molecule has 2 atom stereocenters. The fourth-order valence-electron chi connectivity index (χ4n) is 2.83. The Kier molecular flexibility index (Phi) is 4.42. The van der Waals surface area contributed by atoms with Gasteiger partial charge >= 0.3 is 0 Å². The molecule has 2 aliphatic heterocycles. The van der Waals surface area contributed by atoms with Gasteiger partial charge in [0.25, 0.3) is 0 Å². The van der Waals surface area contributed by atoms with Gasteiger partial charge in [-0.1, -0.05) is 6.92 Å². The van der Waals surface area contributed by atoms with Crippen LogP contribution in [-0.2, 0) is 4.74 Å². The maximum atomic E-state index is 5.61. The minimum absolute atomic E-state index is 0.684. The van der Waals surface area contributed by atoms with E-state index in [1.807, 2.05) is 0 Å². The zero-order chi connectivity index (χ0) is 10.5. The molecule has 3 heteroatoms. The molecule has 1 N–H and O–H groups in total. The van der Waals surface area contributed by atoms with E-state index in [-0.39, 0.29) is 0 Å². The lowest BCUT2D eigenvalue weighted by Crippen LogP contribution is -2.48. The van der Waals surface area contributed by atoms with Crippen LogP contribution in [-0.4, -0.2) is 49.8 Å². The van der Waals surface area contributed by atoms with Crippen molar-refractivity contribution in [2.75, 3.05) is 32.8 Å². The average molecular weight is 212 g/mol. The van der Waals surface area contributed by atoms with Crippen LogP contribution in [0.1, 0.15) is 32.6 Å². The van der Waals surface area contributed by atoms with Crippen LogP contribution in [0, 0.1) is 0 Å². The van der Waals surface area contributed by atoms with Crippen molar-refractivity contribution in [3.63, 3.8) is 0 Å². The lowest BCUT2D eigenvalue weighted by molar-refractivity contribution is 0.00310. The highest BCUT2D eigenvalue weighted by atomic mass is 16.5. The van der Waals surface area contributed by atoms with E-state index in [0.29, 0.717) is 6.04 Å². The number of nitrogens with zero attached hydrogens (tertiary/aromatic N) is 1. The molecular weight excluding hydrogens is 188 g/mol. The summed E-state index contributed by atoms with van der Waals surface area (Å²) in [5.41, 5.74) is 0. The van der Waals surface area contributed by atoms with Crippen LogP contribution in [0.15, 0.2) is 0 Å². The molecule has 0 spiro atoms. The first kappa shape index (κ1) is 11.4. The van der Waals surface area contributed by atoms with Gasteiger partial charge in [0.15, 0.2) is 0 Å². The van der Waals surface area contributed by atoms with Crippen molar-refractivity contribution < 1.29 is 4.74 Å². The van der Waals surface area contributed by atoms with E-state index >= 15 is 0 Å². The molecule has 2 rings (SSSR count). The topological polar surface area (TPSA) is 24.5 Å². The second-order valence-corrected chi connectivity index (χ2v) is 4.76. The summed E-state index contributed by atoms with van der Waals surface area (Å²) >= 11 is 0. The summed E-state index contributed by atoms with van der Waals surface area (Å²) in [7, 11) is 0. The van der Waals surface area contributed by atoms with E-state index in [9.17, 15) is 0 Å². The summed E-state index contributed by atoms with van der Waals surface area (Å²) < 4.78 is 5.61. The zero-order valence-electron chi connectivity index (χ0n) is 9.87. The molecule has 0 aromatic heterocycles.